The van der Waals surface area contributed by atoms with Gasteiger partial charge in [-0.15, -0.1) is 0 Å². The number of hydrogen-bond donors (Lipinski definition) is 1. The number of nitrogens with one attached hydrogen (secondary N) is 1. The number of thiocarbonyl (C=S) groups is 1. The summed E-state index contributed by atoms with van der Waals surface area (Å²) in [7, 11) is 0. The molecule has 1 aliphatic heterocycles. The number of non-ortho nitro benzene ring substituents is 1. The summed E-state index contributed by atoms with van der Waals surface area (Å²) >= 11 is 5.88. The number of nitro benzene ring substituents is 1. The van der Waals surface area contributed by atoms with Gasteiger partial charge in [0.05, 0.1) is 22.8 Å². The largest absolute Gasteiger partial charge is 0.490 e. The highest BCUT2D eigenvalue weighted by atomic mass is 32.1. The number of aromatic nitrogens is 2. The molecule has 0 spiro atoms. The fourth-order valence-corrected chi connectivity index (χ4v) is 5.77. The van der Waals surface area contributed by atoms with E-state index >= 15 is 0 Å². The molecule has 1 N–H and O–H groups in total. The summed E-state index contributed by atoms with van der Waals surface area (Å²) in [5.74, 6) is 0.866. The van der Waals surface area contributed by atoms with Gasteiger partial charge in [0.15, 0.2) is 5.11 Å². The van der Waals surface area contributed by atoms with Crippen molar-refractivity contribution in [2.75, 3.05) is 4.90 Å². The predicted molar refractivity (Wildman–Crippen MR) is 150 cm³/mol. The first-order valence-corrected chi connectivity index (χ1v) is 13.2. The van der Waals surface area contributed by atoms with Crippen molar-refractivity contribution in [3.05, 3.63) is 113 Å². The molecule has 8 nitrogen and oxygen atoms in total. The minimum Gasteiger partial charge on any atom is -0.490 e. The molecule has 38 heavy (non-hydrogen) atoms. The van der Waals surface area contributed by atoms with Gasteiger partial charge in [-0.25, -0.2) is 0 Å². The van der Waals surface area contributed by atoms with Crippen LogP contribution in [-0.2, 0) is 0 Å². The Morgan fingerprint density at radius 2 is 1.68 bits per heavy atom. The lowest BCUT2D eigenvalue weighted by Gasteiger charge is -2.29. The standard InChI is InChI=1S/C29H27N5O3S/c35-34(36)22-12-10-20(11-13-22)32-19-5-9-26(32)28-27(25-8-3-4-18-30-25)31-29(38)33(28)21-14-16-24(17-15-21)37-23-6-1-2-7-23/h3-5,8-19,23,27-28H,1-2,6-7H2,(H,31,38)/t27-,28-/m0/s1. The molecule has 0 radical (unpaired) electrons. The summed E-state index contributed by atoms with van der Waals surface area (Å²) < 4.78 is 8.23. The molecule has 4 aromatic rings. The van der Waals surface area contributed by atoms with Crippen LogP contribution in [0.5, 0.6) is 5.75 Å². The zero-order valence-corrected chi connectivity index (χ0v) is 21.5. The van der Waals surface area contributed by atoms with Crippen molar-refractivity contribution in [2.24, 2.45) is 0 Å². The Bertz CT molecular complexity index is 1430. The second-order valence-corrected chi connectivity index (χ2v) is 9.98. The van der Waals surface area contributed by atoms with Gasteiger partial charge in [0, 0.05) is 41.6 Å². The molecule has 1 saturated heterocycles. The molecule has 0 bridgehead atoms. The van der Waals surface area contributed by atoms with E-state index in [-0.39, 0.29) is 17.8 Å². The third kappa shape index (κ3) is 4.61. The predicted octanol–water partition coefficient (Wildman–Crippen LogP) is 6.28. The van der Waals surface area contributed by atoms with E-state index in [1.807, 2.05) is 59.3 Å². The Balaban J connectivity index is 1.38. The number of anilines is 1. The highest BCUT2D eigenvalue weighted by molar-refractivity contribution is 7.80. The van der Waals surface area contributed by atoms with Crippen LogP contribution in [-0.4, -0.2) is 25.7 Å². The zero-order valence-electron chi connectivity index (χ0n) is 20.6. The molecule has 9 heteroatoms. The Hall–Kier alpha value is -4.24. The number of nitrogens with zero attached hydrogens (tertiary/aromatic N) is 4. The van der Waals surface area contributed by atoms with Crippen molar-refractivity contribution < 1.29 is 9.66 Å². The van der Waals surface area contributed by atoms with Crippen molar-refractivity contribution in [1.29, 1.82) is 0 Å². The Morgan fingerprint density at radius 1 is 0.947 bits per heavy atom. The number of benzene rings is 2. The Labute approximate surface area is 226 Å². The number of hydrogen-bond acceptors (Lipinski definition) is 5. The molecule has 0 amide bonds. The molecule has 2 fully saturated rings. The van der Waals surface area contributed by atoms with Gasteiger partial charge < -0.3 is 19.5 Å². The molecule has 2 aromatic carbocycles. The van der Waals surface area contributed by atoms with Crippen LogP contribution >= 0.6 is 12.2 Å². The third-order valence-corrected chi connectivity index (χ3v) is 7.55. The van der Waals surface area contributed by atoms with Crippen molar-refractivity contribution >= 4 is 28.7 Å². The fourth-order valence-electron chi connectivity index (χ4n) is 5.42. The Kier molecular flexibility index (Phi) is 6.51. The maximum Gasteiger partial charge on any atom is 0.269 e. The van der Waals surface area contributed by atoms with E-state index in [4.69, 9.17) is 17.0 Å². The first kappa shape index (κ1) is 24.1. The first-order valence-electron chi connectivity index (χ1n) is 12.8. The average Bonchev–Trinajstić information content (AvgIpc) is 3.70. The molecule has 2 atom stereocenters. The van der Waals surface area contributed by atoms with Crippen LogP contribution in [0, 0.1) is 10.1 Å². The topological polar surface area (TPSA) is 85.5 Å². The van der Waals surface area contributed by atoms with Gasteiger partial charge in [0.2, 0.25) is 0 Å². The number of rotatable bonds is 7. The smallest absolute Gasteiger partial charge is 0.269 e. The molecule has 0 unspecified atom stereocenters. The minimum absolute atomic E-state index is 0.0547. The van der Waals surface area contributed by atoms with E-state index < -0.39 is 4.92 Å². The lowest BCUT2D eigenvalue weighted by molar-refractivity contribution is -0.384. The van der Waals surface area contributed by atoms with Gasteiger partial charge in [-0.3, -0.25) is 15.1 Å². The van der Waals surface area contributed by atoms with Crippen molar-refractivity contribution in [2.45, 2.75) is 43.9 Å². The van der Waals surface area contributed by atoms with Crippen LogP contribution in [0.15, 0.2) is 91.3 Å². The van der Waals surface area contributed by atoms with E-state index in [0.29, 0.717) is 11.2 Å². The number of ether oxygens (including phenoxy) is 1. The van der Waals surface area contributed by atoms with E-state index in [2.05, 4.69) is 21.3 Å². The molecule has 1 saturated carbocycles. The highest BCUT2D eigenvalue weighted by Gasteiger charge is 2.42. The molecule has 192 valence electrons. The average molecular weight is 526 g/mol. The molecule has 1 aliphatic carbocycles. The maximum absolute atomic E-state index is 11.2. The summed E-state index contributed by atoms with van der Waals surface area (Å²) in [4.78, 5) is 17.5. The minimum atomic E-state index is -0.390. The third-order valence-electron chi connectivity index (χ3n) is 7.24. The van der Waals surface area contributed by atoms with E-state index in [1.54, 1.807) is 18.3 Å². The van der Waals surface area contributed by atoms with Gasteiger partial charge in [0.1, 0.15) is 11.8 Å². The maximum atomic E-state index is 11.2. The summed E-state index contributed by atoms with van der Waals surface area (Å²) in [6.07, 6.45) is 8.70. The Morgan fingerprint density at radius 3 is 2.37 bits per heavy atom. The molecule has 6 rings (SSSR count). The van der Waals surface area contributed by atoms with Crippen LogP contribution in [0.4, 0.5) is 11.4 Å². The fraction of sp³-hybridized carbons (Fsp3) is 0.241. The number of pyridine rings is 1. The number of nitro groups is 1. The van der Waals surface area contributed by atoms with E-state index in [9.17, 15) is 10.1 Å². The first-order chi connectivity index (χ1) is 18.6. The van der Waals surface area contributed by atoms with E-state index in [1.165, 1.54) is 25.0 Å². The SMILES string of the molecule is O=[N+]([O-])c1ccc(-n2cccc2[C@H]2[C@H](c3ccccn3)NC(=S)N2c2ccc(OC3CCCC3)cc2)cc1. The van der Waals surface area contributed by atoms with Gasteiger partial charge in [-0.2, -0.15) is 0 Å². The molecule has 2 aromatic heterocycles. The van der Waals surface area contributed by atoms with Crippen molar-refractivity contribution in [3.8, 4) is 11.4 Å². The van der Waals surface area contributed by atoms with Crippen molar-refractivity contribution in [1.82, 2.24) is 14.9 Å². The normalized spacial score (nSPS) is 19.5. The highest BCUT2D eigenvalue weighted by Crippen LogP contribution is 2.42. The molecule has 3 heterocycles. The van der Waals surface area contributed by atoms with Crippen LogP contribution in [0.1, 0.15) is 49.2 Å². The van der Waals surface area contributed by atoms with Crippen LogP contribution in [0.3, 0.4) is 0 Å². The van der Waals surface area contributed by atoms with Crippen LogP contribution in [0.25, 0.3) is 5.69 Å². The van der Waals surface area contributed by atoms with Gasteiger partial charge in [0.25, 0.3) is 5.69 Å². The summed E-state index contributed by atoms with van der Waals surface area (Å²) in [6.45, 7) is 0. The summed E-state index contributed by atoms with van der Waals surface area (Å²) in [6, 6.07) is 24.2. The lowest BCUT2D eigenvalue weighted by atomic mass is 10.0. The van der Waals surface area contributed by atoms with Gasteiger partial charge in [-0.05, 0) is 98.6 Å². The second kappa shape index (κ2) is 10.3. The van der Waals surface area contributed by atoms with Crippen LogP contribution < -0.4 is 15.0 Å². The zero-order chi connectivity index (χ0) is 26.1. The lowest BCUT2D eigenvalue weighted by Crippen LogP contribution is -2.30. The second-order valence-electron chi connectivity index (χ2n) is 9.59. The van der Waals surface area contributed by atoms with Crippen molar-refractivity contribution in [3.63, 3.8) is 0 Å². The monoisotopic (exact) mass is 525 g/mol. The molecular weight excluding hydrogens is 498 g/mol. The van der Waals surface area contributed by atoms with E-state index in [0.717, 1.165) is 41.4 Å². The van der Waals surface area contributed by atoms with Crippen LogP contribution in [0.2, 0.25) is 0 Å². The van der Waals surface area contributed by atoms with Gasteiger partial charge >= 0.3 is 0 Å². The summed E-state index contributed by atoms with van der Waals surface area (Å²) in [5.41, 5.74) is 3.68. The molecule has 2 aliphatic rings. The molecular formula is C29H27N5O3S. The van der Waals surface area contributed by atoms with Gasteiger partial charge in [-0.1, -0.05) is 6.07 Å². The summed E-state index contributed by atoms with van der Waals surface area (Å²) in [5, 5.41) is 15.3. The quantitative estimate of drug-likeness (QED) is 0.173.